The predicted octanol–water partition coefficient (Wildman–Crippen LogP) is 4.23. The molecule has 2 heterocycles. The lowest BCUT2D eigenvalue weighted by Crippen LogP contribution is -2.43. The smallest absolute Gasteiger partial charge is 0.410 e. The average Bonchev–Trinajstić information content (AvgIpc) is 2.91. The fourth-order valence-electron chi connectivity index (χ4n) is 2.38. The Bertz CT molecular complexity index is 445. The normalized spacial score (nSPS) is 18.6. The zero-order chi connectivity index (χ0) is 15.5. The van der Waals surface area contributed by atoms with Crippen molar-refractivity contribution in [2.45, 2.75) is 58.3 Å². The van der Waals surface area contributed by atoms with Crippen molar-refractivity contribution >= 4 is 17.4 Å². The molecule has 1 saturated heterocycles. The van der Waals surface area contributed by atoms with Gasteiger partial charge in [-0.3, -0.25) is 0 Å². The largest absolute Gasteiger partial charge is 0.444 e. The maximum absolute atomic E-state index is 12.0. The maximum Gasteiger partial charge on any atom is 0.410 e. The highest BCUT2D eigenvalue weighted by Crippen LogP contribution is 2.26. The van der Waals surface area contributed by atoms with Crippen LogP contribution in [0.15, 0.2) is 17.5 Å². The number of thiophene rings is 1. The molecular weight excluding hydrogens is 286 g/mol. The lowest BCUT2D eigenvalue weighted by atomic mass is 10.1. The van der Waals surface area contributed by atoms with E-state index in [1.165, 1.54) is 4.88 Å². The van der Waals surface area contributed by atoms with Crippen molar-refractivity contribution in [1.82, 2.24) is 4.90 Å². The van der Waals surface area contributed by atoms with E-state index in [1.807, 2.05) is 26.8 Å². The molecule has 0 N–H and O–H groups in total. The van der Waals surface area contributed by atoms with Gasteiger partial charge in [0.15, 0.2) is 0 Å². The van der Waals surface area contributed by atoms with Crippen molar-refractivity contribution in [2.24, 2.45) is 0 Å². The molecule has 1 aromatic rings. The SMILES string of the molecule is CC(OC1CCN(C(=O)OC(C)(C)C)CC1)c1cccs1. The fraction of sp³-hybridized carbons (Fsp3) is 0.688. The van der Waals surface area contributed by atoms with E-state index in [1.54, 1.807) is 16.2 Å². The van der Waals surface area contributed by atoms with Crippen LogP contribution in [0.3, 0.4) is 0 Å². The Kier molecular flexibility index (Phi) is 5.27. The predicted molar refractivity (Wildman–Crippen MR) is 84.6 cm³/mol. The van der Waals surface area contributed by atoms with E-state index >= 15 is 0 Å². The molecule has 0 radical (unpaired) electrons. The molecule has 4 nitrogen and oxygen atoms in total. The lowest BCUT2D eigenvalue weighted by Gasteiger charge is -2.34. The summed E-state index contributed by atoms with van der Waals surface area (Å²) in [6.07, 6.45) is 1.88. The van der Waals surface area contributed by atoms with Crippen molar-refractivity contribution < 1.29 is 14.3 Å². The first-order chi connectivity index (χ1) is 9.85. The first kappa shape index (κ1) is 16.3. The second-order valence-corrected chi connectivity index (χ2v) is 7.44. The third-order valence-corrected chi connectivity index (χ3v) is 4.47. The quantitative estimate of drug-likeness (QED) is 0.838. The summed E-state index contributed by atoms with van der Waals surface area (Å²) in [5.74, 6) is 0. The molecule has 0 aliphatic carbocycles. The van der Waals surface area contributed by atoms with E-state index < -0.39 is 5.60 Å². The summed E-state index contributed by atoms with van der Waals surface area (Å²) < 4.78 is 11.5. The number of rotatable bonds is 3. The summed E-state index contributed by atoms with van der Waals surface area (Å²) in [5.41, 5.74) is -0.432. The Morgan fingerprint density at radius 2 is 2.05 bits per heavy atom. The molecule has 1 fully saturated rings. The highest BCUT2D eigenvalue weighted by Gasteiger charge is 2.28. The Morgan fingerprint density at radius 1 is 1.38 bits per heavy atom. The number of carbonyl (C=O) groups excluding carboxylic acids is 1. The van der Waals surface area contributed by atoms with Gasteiger partial charge in [0.1, 0.15) is 5.60 Å². The molecule has 2 rings (SSSR count). The van der Waals surface area contributed by atoms with Gasteiger partial charge in [-0.25, -0.2) is 4.79 Å². The minimum atomic E-state index is -0.432. The minimum Gasteiger partial charge on any atom is -0.444 e. The molecule has 1 aromatic heterocycles. The Morgan fingerprint density at radius 3 is 2.57 bits per heavy atom. The van der Waals surface area contributed by atoms with Crippen LogP contribution in [-0.4, -0.2) is 35.8 Å². The molecule has 21 heavy (non-hydrogen) atoms. The number of piperidine rings is 1. The summed E-state index contributed by atoms with van der Waals surface area (Å²) in [4.78, 5) is 15.0. The number of amides is 1. The number of ether oxygens (including phenoxy) is 2. The standard InChI is InChI=1S/C16H25NO3S/c1-12(14-6-5-11-21-14)19-13-7-9-17(10-8-13)15(18)20-16(2,3)4/h5-6,11-13H,7-10H2,1-4H3. The number of hydrogen-bond donors (Lipinski definition) is 0. The Hall–Kier alpha value is -1.07. The van der Waals surface area contributed by atoms with Crippen molar-refractivity contribution in [3.05, 3.63) is 22.4 Å². The van der Waals surface area contributed by atoms with Crippen LogP contribution >= 0.6 is 11.3 Å². The maximum atomic E-state index is 12.0. The van der Waals surface area contributed by atoms with Crippen molar-refractivity contribution in [2.75, 3.05) is 13.1 Å². The van der Waals surface area contributed by atoms with E-state index in [0.717, 1.165) is 12.8 Å². The third-order valence-electron chi connectivity index (χ3n) is 3.43. The van der Waals surface area contributed by atoms with E-state index in [-0.39, 0.29) is 18.3 Å². The van der Waals surface area contributed by atoms with Crippen LogP contribution in [0.25, 0.3) is 0 Å². The number of hydrogen-bond acceptors (Lipinski definition) is 4. The van der Waals surface area contributed by atoms with Gasteiger partial charge in [0, 0.05) is 18.0 Å². The van der Waals surface area contributed by atoms with Crippen LogP contribution < -0.4 is 0 Å². The zero-order valence-corrected chi connectivity index (χ0v) is 14.1. The Balaban J connectivity index is 1.77. The van der Waals surface area contributed by atoms with Gasteiger partial charge in [-0.2, -0.15) is 0 Å². The van der Waals surface area contributed by atoms with Gasteiger partial charge in [-0.1, -0.05) is 6.07 Å². The number of nitrogens with zero attached hydrogens (tertiary/aromatic N) is 1. The summed E-state index contributed by atoms with van der Waals surface area (Å²) in [7, 11) is 0. The van der Waals surface area contributed by atoms with Gasteiger partial charge >= 0.3 is 6.09 Å². The molecular formula is C16H25NO3S. The molecule has 0 saturated carbocycles. The van der Waals surface area contributed by atoms with Gasteiger partial charge in [0.2, 0.25) is 0 Å². The molecule has 1 aliphatic rings. The number of likely N-dealkylation sites (tertiary alicyclic amines) is 1. The molecule has 5 heteroatoms. The molecule has 1 amide bonds. The second kappa shape index (κ2) is 6.79. The van der Waals surface area contributed by atoms with Crippen LogP contribution in [-0.2, 0) is 9.47 Å². The van der Waals surface area contributed by atoms with E-state index in [4.69, 9.17) is 9.47 Å². The van der Waals surface area contributed by atoms with Crippen LogP contribution in [0.2, 0.25) is 0 Å². The molecule has 1 atom stereocenters. The summed E-state index contributed by atoms with van der Waals surface area (Å²) >= 11 is 1.72. The first-order valence-electron chi connectivity index (χ1n) is 7.52. The van der Waals surface area contributed by atoms with Crippen molar-refractivity contribution in [3.63, 3.8) is 0 Å². The molecule has 0 spiro atoms. The molecule has 0 bridgehead atoms. The molecule has 118 valence electrons. The third kappa shape index (κ3) is 5.00. The van der Waals surface area contributed by atoms with E-state index in [9.17, 15) is 4.79 Å². The van der Waals surface area contributed by atoms with Crippen molar-refractivity contribution in [1.29, 1.82) is 0 Å². The van der Waals surface area contributed by atoms with E-state index in [2.05, 4.69) is 18.4 Å². The summed E-state index contributed by atoms with van der Waals surface area (Å²) in [5, 5.41) is 2.07. The monoisotopic (exact) mass is 311 g/mol. The highest BCUT2D eigenvalue weighted by atomic mass is 32.1. The average molecular weight is 311 g/mol. The summed E-state index contributed by atoms with van der Waals surface area (Å²) in [6, 6.07) is 4.15. The molecule has 0 aromatic carbocycles. The van der Waals surface area contributed by atoms with Gasteiger partial charge < -0.3 is 14.4 Å². The van der Waals surface area contributed by atoms with Crippen LogP contribution in [0.5, 0.6) is 0 Å². The summed E-state index contributed by atoms with van der Waals surface area (Å²) in [6.45, 7) is 9.18. The minimum absolute atomic E-state index is 0.128. The number of carbonyl (C=O) groups is 1. The molecule has 1 aliphatic heterocycles. The van der Waals surface area contributed by atoms with Gasteiger partial charge in [-0.05, 0) is 52.0 Å². The van der Waals surface area contributed by atoms with E-state index in [0.29, 0.717) is 13.1 Å². The Labute approximate surface area is 131 Å². The lowest BCUT2D eigenvalue weighted by molar-refractivity contribution is -0.0398. The van der Waals surface area contributed by atoms with Gasteiger partial charge in [-0.15, -0.1) is 11.3 Å². The fourth-order valence-corrected chi connectivity index (χ4v) is 3.10. The molecule has 1 unspecified atom stereocenters. The van der Waals surface area contributed by atoms with Gasteiger partial charge in [0.25, 0.3) is 0 Å². The van der Waals surface area contributed by atoms with Crippen LogP contribution in [0, 0.1) is 0 Å². The van der Waals surface area contributed by atoms with Crippen molar-refractivity contribution in [3.8, 4) is 0 Å². The zero-order valence-electron chi connectivity index (χ0n) is 13.3. The second-order valence-electron chi connectivity index (χ2n) is 6.46. The van der Waals surface area contributed by atoms with Gasteiger partial charge in [0.05, 0.1) is 12.2 Å². The topological polar surface area (TPSA) is 38.8 Å². The first-order valence-corrected chi connectivity index (χ1v) is 8.40. The van der Waals surface area contributed by atoms with Crippen LogP contribution in [0.4, 0.5) is 4.79 Å². The van der Waals surface area contributed by atoms with Crippen LogP contribution in [0.1, 0.15) is 51.5 Å². The highest BCUT2D eigenvalue weighted by molar-refractivity contribution is 7.10.